The van der Waals surface area contributed by atoms with Crippen LogP contribution in [0.4, 0.5) is 0 Å². The summed E-state index contributed by atoms with van der Waals surface area (Å²) in [5, 5.41) is 12.0. The van der Waals surface area contributed by atoms with Crippen LogP contribution in [0.1, 0.15) is 22.8 Å². The van der Waals surface area contributed by atoms with E-state index in [4.69, 9.17) is 0 Å². The van der Waals surface area contributed by atoms with E-state index in [0.717, 1.165) is 5.56 Å². The SMILES string of the molecule is CCNS(=O)(=O)CCNC(=O)c1cc(C)ccc1O. The van der Waals surface area contributed by atoms with Crippen LogP contribution in [-0.4, -0.2) is 38.3 Å². The van der Waals surface area contributed by atoms with Crippen molar-refractivity contribution < 1.29 is 18.3 Å². The summed E-state index contributed by atoms with van der Waals surface area (Å²) < 4.78 is 25.0. The second kappa shape index (κ2) is 6.53. The lowest BCUT2D eigenvalue weighted by molar-refractivity contribution is 0.0953. The lowest BCUT2D eigenvalue weighted by Crippen LogP contribution is -2.34. The average molecular weight is 286 g/mol. The van der Waals surface area contributed by atoms with Crippen molar-refractivity contribution in [2.75, 3.05) is 18.8 Å². The summed E-state index contributed by atoms with van der Waals surface area (Å²) in [6, 6.07) is 4.66. The van der Waals surface area contributed by atoms with Gasteiger partial charge in [0.1, 0.15) is 5.75 Å². The Bertz CT molecular complexity index is 555. The van der Waals surface area contributed by atoms with Gasteiger partial charge in [-0.15, -0.1) is 0 Å². The lowest BCUT2D eigenvalue weighted by Gasteiger charge is -2.08. The summed E-state index contributed by atoms with van der Waals surface area (Å²) in [6.07, 6.45) is 0. The number of amides is 1. The fourth-order valence-corrected chi connectivity index (χ4v) is 2.47. The molecule has 1 rings (SSSR count). The molecule has 0 radical (unpaired) electrons. The highest BCUT2D eigenvalue weighted by Gasteiger charge is 2.13. The van der Waals surface area contributed by atoms with Gasteiger partial charge in [0.05, 0.1) is 11.3 Å². The number of aryl methyl sites for hydroxylation is 1. The van der Waals surface area contributed by atoms with Gasteiger partial charge < -0.3 is 10.4 Å². The Morgan fingerprint density at radius 1 is 1.37 bits per heavy atom. The number of benzene rings is 1. The number of phenolic OH excluding ortho intramolecular Hbond substituents is 1. The van der Waals surface area contributed by atoms with Crippen LogP contribution in [-0.2, 0) is 10.0 Å². The lowest BCUT2D eigenvalue weighted by atomic mass is 10.1. The molecule has 0 aromatic heterocycles. The van der Waals surface area contributed by atoms with Crippen LogP contribution in [0.25, 0.3) is 0 Å². The fraction of sp³-hybridized carbons (Fsp3) is 0.417. The largest absolute Gasteiger partial charge is 0.507 e. The third kappa shape index (κ3) is 4.88. The standard InChI is InChI=1S/C12H18N2O4S/c1-3-14-19(17,18)7-6-13-12(16)10-8-9(2)4-5-11(10)15/h4-5,8,14-15H,3,6-7H2,1-2H3,(H,13,16). The second-order valence-corrected chi connectivity index (χ2v) is 6.02. The van der Waals surface area contributed by atoms with Crippen LogP contribution >= 0.6 is 0 Å². The van der Waals surface area contributed by atoms with Gasteiger partial charge in [-0.1, -0.05) is 18.6 Å². The molecule has 106 valence electrons. The summed E-state index contributed by atoms with van der Waals surface area (Å²) >= 11 is 0. The first-order valence-corrected chi connectivity index (χ1v) is 7.56. The van der Waals surface area contributed by atoms with Crippen molar-refractivity contribution >= 4 is 15.9 Å². The monoisotopic (exact) mass is 286 g/mol. The molecule has 0 saturated carbocycles. The van der Waals surface area contributed by atoms with Crippen molar-refractivity contribution in [2.45, 2.75) is 13.8 Å². The minimum atomic E-state index is -3.36. The van der Waals surface area contributed by atoms with Crippen LogP contribution in [0.3, 0.4) is 0 Å². The Morgan fingerprint density at radius 3 is 2.68 bits per heavy atom. The number of sulfonamides is 1. The van der Waals surface area contributed by atoms with Crippen molar-refractivity contribution in [3.63, 3.8) is 0 Å². The van der Waals surface area contributed by atoms with E-state index in [1.54, 1.807) is 26.0 Å². The van der Waals surface area contributed by atoms with E-state index in [9.17, 15) is 18.3 Å². The number of hydrogen-bond donors (Lipinski definition) is 3. The maximum Gasteiger partial charge on any atom is 0.255 e. The van der Waals surface area contributed by atoms with E-state index in [1.165, 1.54) is 6.07 Å². The summed E-state index contributed by atoms with van der Waals surface area (Å²) in [5.74, 6) is -0.815. The van der Waals surface area contributed by atoms with Gasteiger partial charge in [-0.05, 0) is 19.1 Å². The zero-order chi connectivity index (χ0) is 14.5. The molecule has 7 heteroatoms. The molecule has 0 spiro atoms. The zero-order valence-corrected chi connectivity index (χ0v) is 11.8. The summed E-state index contributed by atoms with van der Waals surface area (Å²) in [4.78, 5) is 11.8. The predicted molar refractivity (Wildman–Crippen MR) is 72.6 cm³/mol. The number of phenols is 1. The topological polar surface area (TPSA) is 95.5 Å². The molecule has 1 amide bonds. The Balaban J connectivity index is 2.59. The Morgan fingerprint density at radius 2 is 2.05 bits per heavy atom. The van der Waals surface area contributed by atoms with Crippen molar-refractivity contribution in [2.24, 2.45) is 0 Å². The highest BCUT2D eigenvalue weighted by atomic mass is 32.2. The van der Waals surface area contributed by atoms with Gasteiger partial charge in [0, 0.05) is 13.1 Å². The number of rotatable bonds is 6. The summed E-state index contributed by atoms with van der Waals surface area (Å²) in [5.41, 5.74) is 0.976. The van der Waals surface area contributed by atoms with E-state index in [-0.39, 0.29) is 23.6 Å². The third-order valence-electron chi connectivity index (χ3n) is 2.42. The first-order chi connectivity index (χ1) is 8.85. The Kier molecular flexibility index (Phi) is 5.31. The first-order valence-electron chi connectivity index (χ1n) is 5.91. The maximum atomic E-state index is 11.8. The van der Waals surface area contributed by atoms with Crippen molar-refractivity contribution in [1.29, 1.82) is 0 Å². The molecule has 0 aliphatic rings. The molecule has 19 heavy (non-hydrogen) atoms. The summed E-state index contributed by atoms with van der Waals surface area (Å²) in [6.45, 7) is 3.78. The molecule has 0 bridgehead atoms. The van der Waals surface area contributed by atoms with Gasteiger partial charge >= 0.3 is 0 Å². The molecule has 0 atom stereocenters. The van der Waals surface area contributed by atoms with Crippen LogP contribution in [0.15, 0.2) is 18.2 Å². The van der Waals surface area contributed by atoms with E-state index < -0.39 is 15.9 Å². The highest BCUT2D eigenvalue weighted by Crippen LogP contribution is 2.17. The van der Waals surface area contributed by atoms with Crippen LogP contribution in [0, 0.1) is 6.92 Å². The number of carbonyl (C=O) groups is 1. The number of aromatic hydroxyl groups is 1. The second-order valence-electron chi connectivity index (χ2n) is 4.09. The maximum absolute atomic E-state index is 11.8. The molecular weight excluding hydrogens is 268 g/mol. The minimum Gasteiger partial charge on any atom is -0.507 e. The smallest absolute Gasteiger partial charge is 0.255 e. The van der Waals surface area contributed by atoms with Gasteiger partial charge in [-0.2, -0.15) is 0 Å². The quantitative estimate of drug-likeness (QED) is 0.704. The van der Waals surface area contributed by atoms with Gasteiger partial charge in [-0.25, -0.2) is 13.1 Å². The van der Waals surface area contributed by atoms with E-state index >= 15 is 0 Å². The van der Waals surface area contributed by atoms with Crippen LogP contribution in [0.5, 0.6) is 5.75 Å². The fourth-order valence-electron chi connectivity index (χ4n) is 1.52. The molecule has 1 aromatic rings. The minimum absolute atomic E-state index is 0.0124. The molecule has 0 aliphatic carbocycles. The van der Waals surface area contributed by atoms with E-state index in [2.05, 4.69) is 10.0 Å². The first kappa shape index (κ1) is 15.5. The van der Waals surface area contributed by atoms with Crippen LogP contribution in [0.2, 0.25) is 0 Å². The average Bonchev–Trinajstić information content (AvgIpc) is 2.31. The molecule has 0 heterocycles. The Hall–Kier alpha value is -1.60. The van der Waals surface area contributed by atoms with Gasteiger partial charge in [-0.3, -0.25) is 4.79 Å². The van der Waals surface area contributed by atoms with E-state index in [0.29, 0.717) is 6.54 Å². The van der Waals surface area contributed by atoms with E-state index in [1.807, 2.05) is 0 Å². The zero-order valence-electron chi connectivity index (χ0n) is 10.9. The van der Waals surface area contributed by atoms with Gasteiger partial charge in [0.25, 0.3) is 5.91 Å². The molecule has 3 N–H and O–H groups in total. The van der Waals surface area contributed by atoms with Gasteiger partial charge in [0.15, 0.2) is 0 Å². The highest BCUT2D eigenvalue weighted by molar-refractivity contribution is 7.89. The van der Waals surface area contributed by atoms with Crippen molar-refractivity contribution in [1.82, 2.24) is 10.0 Å². The number of carbonyl (C=O) groups excluding carboxylic acids is 1. The van der Waals surface area contributed by atoms with Gasteiger partial charge in [0.2, 0.25) is 10.0 Å². The summed E-state index contributed by atoms with van der Waals surface area (Å²) in [7, 11) is -3.36. The molecular formula is C12H18N2O4S. The molecule has 0 saturated heterocycles. The normalized spacial score (nSPS) is 11.3. The molecule has 6 nitrogen and oxygen atoms in total. The van der Waals surface area contributed by atoms with Crippen LogP contribution < -0.4 is 10.0 Å². The molecule has 0 aliphatic heterocycles. The predicted octanol–water partition coefficient (Wildman–Crippen LogP) is 0.370. The van der Waals surface area contributed by atoms with Crippen molar-refractivity contribution in [3.05, 3.63) is 29.3 Å². The Labute approximate surface area is 112 Å². The molecule has 0 unspecified atom stereocenters. The third-order valence-corrected chi connectivity index (χ3v) is 3.89. The van der Waals surface area contributed by atoms with Crippen molar-refractivity contribution in [3.8, 4) is 5.75 Å². The molecule has 0 fully saturated rings. The number of nitrogens with one attached hydrogen (secondary N) is 2. The number of hydrogen-bond acceptors (Lipinski definition) is 4. The molecule has 1 aromatic carbocycles.